The molecule has 1 aromatic carbocycles. The van der Waals surface area contributed by atoms with Gasteiger partial charge < -0.3 is 13.9 Å². The first-order chi connectivity index (χ1) is 13.1. The van der Waals surface area contributed by atoms with Crippen molar-refractivity contribution < 1.29 is 23.5 Å². The van der Waals surface area contributed by atoms with Gasteiger partial charge in [0.15, 0.2) is 6.61 Å². The van der Waals surface area contributed by atoms with E-state index in [9.17, 15) is 9.59 Å². The minimum absolute atomic E-state index is 0.193. The summed E-state index contributed by atoms with van der Waals surface area (Å²) in [6, 6.07) is 10.7. The molecule has 0 spiro atoms. The van der Waals surface area contributed by atoms with Crippen molar-refractivity contribution in [3.05, 3.63) is 58.9 Å². The molecule has 1 fully saturated rings. The lowest BCUT2D eigenvalue weighted by molar-refractivity contribution is -0.145. The van der Waals surface area contributed by atoms with Crippen LogP contribution in [0.25, 0.3) is 6.08 Å². The summed E-state index contributed by atoms with van der Waals surface area (Å²) in [5.74, 6) is 0.506. The quantitative estimate of drug-likeness (QED) is 0.397. The highest BCUT2D eigenvalue weighted by molar-refractivity contribution is 8.26. The van der Waals surface area contributed by atoms with Crippen LogP contribution >= 0.6 is 24.0 Å². The van der Waals surface area contributed by atoms with E-state index in [1.165, 1.54) is 16.7 Å². The number of nitrogens with zero attached hydrogens (tertiary/aromatic N) is 1. The molecule has 27 heavy (non-hydrogen) atoms. The molecule has 1 aromatic heterocycles. The molecule has 0 radical (unpaired) electrons. The largest absolute Gasteiger partial charge is 0.481 e. The molecular weight excluding hydrogens is 386 g/mol. The van der Waals surface area contributed by atoms with Gasteiger partial charge in [-0.15, -0.1) is 0 Å². The third-order valence-electron chi connectivity index (χ3n) is 3.62. The molecule has 1 aliphatic heterocycles. The van der Waals surface area contributed by atoms with Crippen LogP contribution in [0.15, 0.2) is 52.0 Å². The van der Waals surface area contributed by atoms with Crippen molar-refractivity contribution in [1.82, 2.24) is 4.90 Å². The fraction of sp³-hybridized carbons (Fsp3) is 0.211. The standard InChI is InChI=1S/C19H17NO5S2/c1-2-23-17(21)12-25-15-8-4-3-6-13(15)10-16-18(22)20(19(26)27-16)11-14-7-5-9-24-14/h3-10H,2,11-12H2,1H3/b16-10-. The highest BCUT2D eigenvalue weighted by Gasteiger charge is 2.32. The summed E-state index contributed by atoms with van der Waals surface area (Å²) < 4.78 is 16.2. The van der Waals surface area contributed by atoms with Crippen LogP contribution in [0.4, 0.5) is 0 Å². The van der Waals surface area contributed by atoms with Gasteiger partial charge in [0.25, 0.3) is 5.91 Å². The molecule has 2 aromatic rings. The van der Waals surface area contributed by atoms with Crippen LogP contribution in [-0.4, -0.2) is 34.3 Å². The number of hydrogen-bond donors (Lipinski definition) is 0. The Bertz CT molecular complexity index is 876. The molecule has 0 bridgehead atoms. The topological polar surface area (TPSA) is 69.0 Å². The lowest BCUT2D eigenvalue weighted by Crippen LogP contribution is -2.27. The van der Waals surface area contributed by atoms with Crippen molar-refractivity contribution in [1.29, 1.82) is 0 Å². The minimum Gasteiger partial charge on any atom is -0.481 e. The van der Waals surface area contributed by atoms with Crippen molar-refractivity contribution in [2.24, 2.45) is 0 Å². The summed E-state index contributed by atoms with van der Waals surface area (Å²) in [5.41, 5.74) is 0.681. The van der Waals surface area contributed by atoms with E-state index in [1.807, 2.05) is 6.07 Å². The maximum Gasteiger partial charge on any atom is 0.344 e. The Hall–Kier alpha value is -2.58. The summed E-state index contributed by atoms with van der Waals surface area (Å²) in [4.78, 5) is 26.2. The number of rotatable bonds is 7. The predicted octanol–water partition coefficient (Wildman–Crippen LogP) is 3.62. The van der Waals surface area contributed by atoms with E-state index >= 15 is 0 Å². The zero-order valence-corrected chi connectivity index (χ0v) is 16.2. The van der Waals surface area contributed by atoms with Gasteiger partial charge in [-0.05, 0) is 31.2 Å². The van der Waals surface area contributed by atoms with Gasteiger partial charge in [-0.1, -0.05) is 42.2 Å². The Morgan fingerprint density at radius 2 is 2.11 bits per heavy atom. The molecule has 140 valence electrons. The van der Waals surface area contributed by atoms with Crippen LogP contribution in [0.3, 0.4) is 0 Å². The van der Waals surface area contributed by atoms with Crippen molar-refractivity contribution in [3.8, 4) is 5.75 Å². The average Bonchev–Trinajstić information content (AvgIpc) is 3.26. The molecule has 0 saturated carbocycles. The Balaban J connectivity index is 1.75. The molecule has 3 rings (SSSR count). The maximum atomic E-state index is 12.7. The predicted molar refractivity (Wildman–Crippen MR) is 106 cm³/mol. The first-order valence-corrected chi connectivity index (χ1v) is 9.46. The summed E-state index contributed by atoms with van der Waals surface area (Å²) in [5, 5.41) is 0. The molecule has 2 heterocycles. The van der Waals surface area contributed by atoms with E-state index in [-0.39, 0.29) is 19.1 Å². The third-order valence-corrected chi connectivity index (χ3v) is 5.00. The number of ether oxygens (including phenoxy) is 2. The van der Waals surface area contributed by atoms with Gasteiger partial charge in [0, 0.05) is 5.56 Å². The van der Waals surface area contributed by atoms with E-state index in [1.54, 1.807) is 49.6 Å². The number of hydrogen-bond acceptors (Lipinski definition) is 7. The van der Waals surface area contributed by atoms with Crippen LogP contribution < -0.4 is 4.74 Å². The van der Waals surface area contributed by atoms with E-state index in [2.05, 4.69) is 0 Å². The van der Waals surface area contributed by atoms with Crippen LogP contribution in [0, 0.1) is 0 Å². The highest BCUT2D eigenvalue weighted by atomic mass is 32.2. The van der Waals surface area contributed by atoms with Crippen molar-refractivity contribution in [2.75, 3.05) is 13.2 Å². The summed E-state index contributed by atoms with van der Waals surface area (Å²) >= 11 is 6.54. The van der Waals surface area contributed by atoms with E-state index in [0.29, 0.717) is 32.9 Å². The Morgan fingerprint density at radius 1 is 1.30 bits per heavy atom. The molecule has 0 N–H and O–H groups in total. The third kappa shape index (κ3) is 4.78. The van der Waals surface area contributed by atoms with Gasteiger partial charge in [0.05, 0.1) is 24.3 Å². The van der Waals surface area contributed by atoms with Crippen LogP contribution in [-0.2, 0) is 20.9 Å². The second kappa shape index (κ2) is 8.88. The molecule has 0 aliphatic carbocycles. The number of carbonyl (C=O) groups excluding carboxylic acids is 2. The Kier molecular flexibility index (Phi) is 6.31. The fourth-order valence-corrected chi connectivity index (χ4v) is 3.65. The van der Waals surface area contributed by atoms with Gasteiger partial charge >= 0.3 is 5.97 Å². The molecule has 1 aliphatic rings. The Labute approximate surface area is 166 Å². The second-order valence-corrected chi connectivity index (χ2v) is 7.15. The Morgan fingerprint density at radius 3 is 2.85 bits per heavy atom. The number of thiocarbonyl (C=S) groups is 1. The number of furan rings is 1. The maximum absolute atomic E-state index is 12.7. The average molecular weight is 403 g/mol. The lowest BCUT2D eigenvalue weighted by atomic mass is 10.2. The zero-order valence-electron chi connectivity index (χ0n) is 14.5. The number of amides is 1. The molecule has 0 atom stereocenters. The van der Waals surface area contributed by atoms with E-state index < -0.39 is 5.97 Å². The van der Waals surface area contributed by atoms with Crippen molar-refractivity contribution in [3.63, 3.8) is 0 Å². The fourth-order valence-electron chi connectivity index (χ4n) is 2.41. The number of carbonyl (C=O) groups is 2. The first-order valence-electron chi connectivity index (χ1n) is 8.23. The van der Waals surface area contributed by atoms with Gasteiger partial charge in [0.2, 0.25) is 0 Å². The summed E-state index contributed by atoms with van der Waals surface area (Å²) in [6.07, 6.45) is 3.27. The number of esters is 1. The lowest BCUT2D eigenvalue weighted by Gasteiger charge is -2.12. The second-order valence-electron chi connectivity index (χ2n) is 5.48. The SMILES string of the molecule is CCOC(=O)COc1ccccc1/C=C1\SC(=S)N(Cc2ccco2)C1=O. The normalized spacial score (nSPS) is 15.4. The van der Waals surface area contributed by atoms with Gasteiger partial charge in [-0.25, -0.2) is 4.79 Å². The summed E-state index contributed by atoms with van der Waals surface area (Å²) in [7, 11) is 0. The van der Waals surface area contributed by atoms with Gasteiger partial charge in [-0.3, -0.25) is 9.69 Å². The smallest absolute Gasteiger partial charge is 0.344 e. The molecule has 1 saturated heterocycles. The molecular formula is C19H17NO5S2. The van der Waals surface area contributed by atoms with E-state index in [4.69, 9.17) is 26.1 Å². The summed E-state index contributed by atoms with van der Waals surface area (Å²) in [6.45, 7) is 2.12. The van der Waals surface area contributed by atoms with Crippen molar-refractivity contribution >= 4 is 46.3 Å². The monoisotopic (exact) mass is 403 g/mol. The van der Waals surface area contributed by atoms with Crippen LogP contribution in [0.2, 0.25) is 0 Å². The van der Waals surface area contributed by atoms with Crippen LogP contribution in [0.5, 0.6) is 5.75 Å². The minimum atomic E-state index is -0.447. The number of para-hydroxylation sites is 1. The highest BCUT2D eigenvalue weighted by Crippen LogP contribution is 2.35. The molecule has 0 unspecified atom stereocenters. The zero-order chi connectivity index (χ0) is 19.2. The van der Waals surface area contributed by atoms with Crippen molar-refractivity contribution in [2.45, 2.75) is 13.5 Å². The molecule has 8 heteroatoms. The van der Waals surface area contributed by atoms with E-state index in [0.717, 1.165) is 0 Å². The number of thioether (sulfide) groups is 1. The molecule has 1 amide bonds. The molecule has 6 nitrogen and oxygen atoms in total. The number of benzene rings is 1. The van der Waals surface area contributed by atoms with Crippen LogP contribution in [0.1, 0.15) is 18.2 Å². The van der Waals surface area contributed by atoms with Gasteiger partial charge in [0.1, 0.15) is 15.8 Å². The first kappa shape index (κ1) is 19.2. The van der Waals surface area contributed by atoms with Gasteiger partial charge in [-0.2, -0.15) is 0 Å².